The zero-order valence-corrected chi connectivity index (χ0v) is 10.0. The highest BCUT2D eigenvalue weighted by Gasteiger charge is 2.55. The maximum atomic E-state index is 11.0. The quantitative estimate of drug-likeness (QED) is 0.625. The van der Waals surface area contributed by atoms with E-state index in [0.29, 0.717) is 5.92 Å². The van der Waals surface area contributed by atoms with Gasteiger partial charge in [-0.15, -0.1) is 0 Å². The van der Waals surface area contributed by atoms with Gasteiger partial charge in [-0.05, 0) is 46.0 Å². The molecule has 0 aromatic heterocycles. The number of carbonyl (C=O) groups excluding carboxylic acids is 1. The largest absolute Gasteiger partial charge is 0.459 e. The van der Waals surface area contributed by atoms with E-state index in [-0.39, 0.29) is 23.3 Å². The molecule has 3 atom stereocenters. The first-order valence-electron chi connectivity index (χ1n) is 5.71. The van der Waals surface area contributed by atoms with E-state index in [4.69, 9.17) is 9.47 Å². The van der Waals surface area contributed by atoms with Crippen LogP contribution in [-0.4, -0.2) is 23.3 Å². The molecule has 15 heavy (non-hydrogen) atoms. The molecule has 3 rings (SSSR count). The van der Waals surface area contributed by atoms with Gasteiger partial charge in [-0.3, -0.25) is 4.79 Å². The van der Waals surface area contributed by atoms with Crippen molar-refractivity contribution in [2.24, 2.45) is 5.92 Å². The Morgan fingerprint density at radius 1 is 1.40 bits per heavy atom. The third-order valence-electron chi connectivity index (χ3n) is 3.96. The summed E-state index contributed by atoms with van der Waals surface area (Å²) < 4.78 is 11.5. The molecule has 0 radical (unpaired) electrons. The molecular formula is C12H20O3. The second kappa shape index (κ2) is 3.21. The topological polar surface area (TPSA) is 35.5 Å². The van der Waals surface area contributed by atoms with E-state index in [1.807, 2.05) is 0 Å². The third-order valence-corrected chi connectivity index (χ3v) is 3.96. The summed E-state index contributed by atoms with van der Waals surface area (Å²) in [4.78, 5) is 11.0. The van der Waals surface area contributed by atoms with E-state index in [9.17, 15) is 4.79 Å². The lowest BCUT2D eigenvalue weighted by Crippen LogP contribution is -2.62. The van der Waals surface area contributed by atoms with Crippen molar-refractivity contribution in [2.75, 3.05) is 0 Å². The van der Waals surface area contributed by atoms with Crippen molar-refractivity contribution in [3.8, 4) is 0 Å². The first kappa shape index (κ1) is 10.9. The number of hydrogen-bond acceptors (Lipinski definition) is 3. The van der Waals surface area contributed by atoms with E-state index in [1.165, 1.54) is 13.3 Å². The highest BCUT2D eigenvalue weighted by Crippen LogP contribution is 2.50. The van der Waals surface area contributed by atoms with Crippen LogP contribution in [0, 0.1) is 5.92 Å². The minimum atomic E-state index is -0.274. The van der Waals surface area contributed by atoms with Gasteiger partial charge in [0.15, 0.2) is 0 Å². The lowest BCUT2D eigenvalue weighted by Gasteiger charge is -2.56. The summed E-state index contributed by atoms with van der Waals surface area (Å²) in [6.07, 6.45) is 3.07. The molecule has 2 saturated heterocycles. The number of ether oxygens (including phenoxy) is 2. The second-order valence-electron chi connectivity index (χ2n) is 5.59. The van der Waals surface area contributed by atoms with Crippen LogP contribution in [0.3, 0.4) is 0 Å². The highest BCUT2D eigenvalue weighted by atomic mass is 16.6. The standard InChI is InChI=1S/C12H20O3/c1-8(13)14-10-7-9-5-6-12(10,4)15-11(9,2)3/h9-10H,5-7H2,1-4H3/t9-,10-,12-/m1/s1. The number of rotatable bonds is 1. The molecule has 1 aliphatic carbocycles. The summed E-state index contributed by atoms with van der Waals surface area (Å²) in [6.45, 7) is 7.81. The molecule has 0 aromatic rings. The summed E-state index contributed by atoms with van der Waals surface area (Å²) >= 11 is 0. The van der Waals surface area contributed by atoms with Crippen LogP contribution >= 0.6 is 0 Å². The van der Waals surface area contributed by atoms with E-state index in [2.05, 4.69) is 20.8 Å². The van der Waals surface area contributed by atoms with E-state index in [1.54, 1.807) is 0 Å². The molecule has 0 amide bonds. The molecule has 0 unspecified atom stereocenters. The predicted molar refractivity (Wildman–Crippen MR) is 56.5 cm³/mol. The minimum Gasteiger partial charge on any atom is -0.459 e. The van der Waals surface area contributed by atoms with Crippen LogP contribution in [0.2, 0.25) is 0 Å². The number of carbonyl (C=O) groups is 1. The predicted octanol–water partition coefficient (Wildman–Crippen LogP) is 2.29. The monoisotopic (exact) mass is 212 g/mol. The SMILES string of the molecule is CC(=O)O[C@@H]1C[C@H]2CC[C@@]1(C)OC2(C)C. The summed E-state index contributed by atoms with van der Waals surface area (Å²) in [5.74, 6) is 0.318. The molecule has 0 spiro atoms. The average Bonchev–Trinajstić information content (AvgIpc) is 2.04. The van der Waals surface area contributed by atoms with Crippen LogP contribution in [0.4, 0.5) is 0 Å². The Hall–Kier alpha value is -0.570. The summed E-state index contributed by atoms with van der Waals surface area (Å²) in [5, 5.41) is 0. The van der Waals surface area contributed by atoms with Crippen molar-refractivity contribution >= 4 is 5.97 Å². The molecule has 2 aliphatic heterocycles. The maximum Gasteiger partial charge on any atom is 0.303 e. The fourth-order valence-electron chi connectivity index (χ4n) is 3.05. The van der Waals surface area contributed by atoms with Crippen molar-refractivity contribution in [3.05, 3.63) is 0 Å². The number of hydrogen-bond donors (Lipinski definition) is 0. The molecule has 1 saturated carbocycles. The first-order valence-corrected chi connectivity index (χ1v) is 5.71. The normalized spacial score (nSPS) is 42.7. The van der Waals surface area contributed by atoms with Gasteiger partial charge >= 0.3 is 5.97 Å². The van der Waals surface area contributed by atoms with Crippen molar-refractivity contribution < 1.29 is 14.3 Å². The highest BCUT2D eigenvalue weighted by molar-refractivity contribution is 5.66. The van der Waals surface area contributed by atoms with Crippen molar-refractivity contribution in [3.63, 3.8) is 0 Å². The smallest absolute Gasteiger partial charge is 0.303 e. The summed E-state index contributed by atoms with van der Waals surface area (Å²) in [5.41, 5.74) is -0.340. The third kappa shape index (κ3) is 1.78. The van der Waals surface area contributed by atoms with Gasteiger partial charge < -0.3 is 9.47 Å². The van der Waals surface area contributed by atoms with Crippen LogP contribution < -0.4 is 0 Å². The van der Waals surface area contributed by atoms with Gasteiger partial charge in [-0.1, -0.05) is 0 Å². The molecule has 3 heteroatoms. The van der Waals surface area contributed by atoms with Crippen LogP contribution in [-0.2, 0) is 14.3 Å². The van der Waals surface area contributed by atoms with Gasteiger partial charge in [0, 0.05) is 6.92 Å². The van der Waals surface area contributed by atoms with Gasteiger partial charge in [-0.2, -0.15) is 0 Å². The summed E-state index contributed by atoms with van der Waals surface area (Å²) in [7, 11) is 0. The number of fused-ring (bicyclic) bond motifs is 3. The molecule has 3 fully saturated rings. The van der Waals surface area contributed by atoms with Gasteiger partial charge in [0.25, 0.3) is 0 Å². The maximum absolute atomic E-state index is 11.0. The first-order chi connectivity index (χ1) is 6.83. The molecule has 0 N–H and O–H groups in total. The van der Waals surface area contributed by atoms with E-state index in [0.717, 1.165) is 12.8 Å². The van der Waals surface area contributed by atoms with Crippen LogP contribution in [0.25, 0.3) is 0 Å². The van der Waals surface area contributed by atoms with Gasteiger partial charge in [0.05, 0.1) is 5.60 Å². The fourth-order valence-corrected chi connectivity index (χ4v) is 3.05. The van der Waals surface area contributed by atoms with Crippen LogP contribution in [0.5, 0.6) is 0 Å². The second-order valence-corrected chi connectivity index (χ2v) is 5.59. The van der Waals surface area contributed by atoms with Gasteiger partial charge in [-0.25, -0.2) is 0 Å². The number of esters is 1. The van der Waals surface area contributed by atoms with Crippen molar-refractivity contribution in [1.82, 2.24) is 0 Å². The van der Waals surface area contributed by atoms with Gasteiger partial charge in [0.2, 0.25) is 0 Å². The summed E-state index contributed by atoms with van der Waals surface area (Å²) in [6, 6.07) is 0. The molecule has 3 aliphatic rings. The Balaban J connectivity index is 2.17. The lowest BCUT2D eigenvalue weighted by atomic mass is 9.67. The Kier molecular flexibility index (Phi) is 2.34. The Morgan fingerprint density at radius 2 is 2.07 bits per heavy atom. The molecule has 2 heterocycles. The minimum absolute atomic E-state index is 0.0539. The molecule has 2 bridgehead atoms. The Bertz CT molecular complexity index is 285. The molecular weight excluding hydrogens is 192 g/mol. The molecule has 0 aromatic carbocycles. The molecule has 86 valence electrons. The van der Waals surface area contributed by atoms with Crippen LogP contribution in [0.1, 0.15) is 47.0 Å². The van der Waals surface area contributed by atoms with E-state index < -0.39 is 0 Å². The lowest BCUT2D eigenvalue weighted by molar-refractivity contribution is -0.277. The van der Waals surface area contributed by atoms with Crippen molar-refractivity contribution in [2.45, 2.75) is 64.3 Å². The van der Waals surface area contributed by atoms with Crippen molar-refractivity contribution in [1.29, 1.82) is 0 Å². The Labute approximate surface area is 91.1 Å². The van der Waals surface area contributed by atoms with Crippen LogP contribution in [0.15, 0.2) is 0 Å². The van der Waals surface area contributed by atoms with Gasteiger partial charge in [0.1, 0.15) is 11.7 Å². The fraction of sp³-hybridized carbons (Fsp3) is 0.917. The zero-order valence-electron chi connectivity index (χ0n) is 10.0. The zero-order chi connectivity index (χ0) is 11.3. The Morgan fingerprint density at radius 3 is 2.53 bits per heavy atom. The average molecular weight is 212 g/mol. The molecule has 3 nitrogen and oxygen atoms in total. The van der Waals surface area contributed by atoms with E-state index >= 15 is 0 Å².